The smallest absolute Gasteiger partial charge is 0.350 e. The Labute approximate surface area is 118 Å². The van der Waals surface area contributed by atoms with Gasteiger partial charge in [-0.2, -0.15) is 5.26 Å². The van der Waals surface area contributed by atoms with Gasteiger partial charge in [0.25, 0.3) is 0 Å². The summed E-state index contributed by atoms with van der Waals surface area (Å²) >= 11 is 0. The summed E-state index contributed by atoms with van der Waals surface area (Å²) in [6.07, 6.45) is 1.13. The Balaban J connectivity index is 5.39. The minimum absolute atomic E-state index is 0.0260. The molecule has 0 aromatic rings. The van der Waals surface area contributed by atoms with Crippen LogP contribution < -0.4 is 0 Å². The van der Waals surface area contributed by atoms with Gasteiger partial charge in [0.05, 0.1) is 31.7 Å². The fourth-order valence-corrected chi connectivity index (χ4v) is 1.16. The van der Waals surface area contributed by atoms with Crippen LogP contribution >= 0.6 is 0 Å². The van der Waals surface area contributed by atoms with Crippen LogP contribution in [0.25, 0.3) is 0 Å². The van der Waals surface area contributed by atoms with Gasteiger partial charge in [-0.1, -0.05) is 0 Å². The number of carbonyl (C=O) groups excluding carboxylic acids is 2. The lowest BCUT2D eigenvalue weighted by atomic mass is 10.2. The molecule has 0 rings (SSSR count). The van der Waals surface area contributed by atoms with E-state index in [1.54, 1.807) is 38.9 Å². The molecule has 0 amide bonds. The lowest BCUT2D eigenvalue weighted by Gasteiger charge is -2.08. The van der Waals surface area contributed by atoms with Crippen molar-refractivity contribution in [3.8, 4) is 6.07 Å². The van der Waals surface area contributed by atoms with Crippen molar-refractivity contribution in [1.82, 2.24) is 4.90 Å². The molecule has 0 aliphatic rings. The second-order valence-electron chi connectivity index (χ2n) is 3.84. The Morgan fingerprint density at radius 1 is 1.25 bits per heavy atom. The standard InChI is InChI=1S/C13H19N3O4/c1-5-19-12(17)7-11(15-9-16(3)4)10(8-14)13(18)20-6-2/h9H,5-7H2,1-4H3/b11-10+,15-9?. The minimum Gasteiger partial charge on any atom is -0.466 e. The molecule has 0 heterocycles. The number of esters is 2. The average Bonchev–Trinajstić information content (AvgIpc) is 2.37. The highest BCUT2D eigenvalue weighted by molar-refractivity contribution is 5.95. The van der Waals surface area contributed by atoms with Crippen LogP contribution in [0, 0.1) is 11.3 Å². The third kappa shape index (κ3) is 6.54. The highest BCUT2D eigenvalue weighted by atomic mass is 16.5. The molecule has 0 N–H and O–H groups in total. The maximum Gasteiger partial charge on any atom is 0.350 e. The summed E-state index contributed by atoms with van der Waals surface area (Å²) in [7, 11) is 3.45. The van der Waals surface area contributed by atoms with Gasteiger partial charge in [0, 0.05) is 14.1 Å². The zero-order chi connectivity index (χ0) is 15.5. The second kappa shape index (κ2) is 9.55. The maximum absolute atomic E-state index is 11.7. The molecule has 0 aliphatic carbocycles. The molecule has 0 unspecified atom stereocenters. The lowest BCUT2D eigenvalue weighted by molar-refractivity contribution is -0.142. The van der Waals surface area contributed by atoms with Gasteiger partial charge in [0.2, 0.25) is 0 Å². The van der Waals surface area contributed by atoms with Gasteiger partial charge < -0.3 is 14.4 Å². The first-order chi connectivity index (χ1) is 9.46. The summed E-state index contributed by atoms with van der Waals surface area (Å²) < 4.78 is 9.56. The molecular formula is C13H19N3O4. The van der Waals surface area contributed by atoms with E-state index in [1.165, 1.54) is 6.34 Å². The van der Waals surface area contributed by atoms with Crippen LogP contribution in [0.15, 0.2) is 16.3 Å². The Morgan fingerprint density at radius 3 is 2.30 bits per heavy atom. The van der Waals surface area contributed by atoms with Crippen molar-refractivity contribution in [2.75, 3.05) is 27.3 Å². The van der Waals surface area contributed by atoms with E-state index in [9.17, 15) is 9.59 Å². The molecule has 0 aromatic carbocycles. The number of hydrogen-bond donors (Lipinski definition) is 0. The van der Waals surface area contributed by atoms with Crippen LogP contribution in [-0.2, 0) is 19.1 Å². The van der Waals surface area contributed by atoms with E-state index >= 15 is 0 Å². The third-order valence-electron chi connectivity index (χ3n) is 1.94. The Kier molecular flexibility index (Phi) is 8.43. The summed E-state index contributed by atoms with van der Waals surface area (Å²) in [6.45, 7) is 3.64. The van der Waals surface area contributed by atoms with Gasteiger partial charge in [-0.3, -0.25) is 4.79 Å². The van der Waals surface area contributed by atoms with Crippen LogP contribution in [0.4, 0.5) is 0 Å². The summed E-state index contributed by atoms with van der Waals surface area (Å²) in [6, 6.07) is 1.72. The number of carbonyl (C=O) groups is 2. The van der Waals surface area contributed by atoms with Gasteiger partial charge in [0.15, 0.2) is 5.57 Å². The number of ether oxygens (including phenoxy) is 2. The average molecular weight is 281 g/mol. The van der Waals surface area contributed by atoms with Crippen molar-refractivity contribution >= 4 is 18.3 Å². The van der Waals surface area contributed by atoms with Crippen molar-refractivity contribution in [3.63, 3.8) is 0 Å². The maximum atomic E-state index is 11.7. The first-order valence-electron chi connectivity index (χ1n) is 6.12. The van der Waals surface area contributed by atoms with Gasteiger partial charge in [-0.05, 0) is 13.8 Å². The zero-order valence-electron chi connectivity index (χ0n) is 12.2. The van der Waals surface area contributed by atoms with Crippen molar-refractivity contribution in [1.29, 1.82) is 5.26 Å². The Bertz CT molecular complexity index is 447. The molecule has 0 saturated carbocycles. The van der Waals surface area contributed by atoms with E-state index in [2.05, 4.69) is 4.99 Å². The van der Waals surface area contributed by atoms with Gasteiger partial charge in [0.1, 0.15) is 6.07 Å². The summed E-state index contributed by atoms with van der Waals surface area (Å²) in [5.74, 6) is -1.36. The predicted molar refractivity (Wildman–Crippen MR) is 72.7 cm³/mol. The fourth-order valence-electron chi connectivity index (χ4n) is 1.16. The molecule has 0 aromatic heterocycles. The van der Waals surface area contributed by atoms with Crippen LogP contribution in [0.2, 0.25) is 0 Å². The molecule has 0 spiro atoms. The quantitative estimate of drug-likeness (QED) is 0.226. The first kappa shape index (κ1) is 17.6. The molecule has 7 heteroatoms. The van der Waals surface area contributed by atoms with E-state index in [0.717, 1.165) is 0 Å². The molecular weight excluding hydrogens is 262 g/mol. The van der Waals surface area contributed by atoms with Crippen LogP contribution in [0.3, 0.4) is 0 Å². The molecule has 7 nitrogen and oxygen atoms in total. The lowest BCUT2D eigenvalue weighted by Crippen LogP contribution is -2.14. The summed E-state index contributed by atoms with van der Waals surface area (Å²) in [4.78, 5) is 28.7. The molecule has 0 fully saturated rings. The molecule has 20 heavy (non-hydrogen) atoms. The topological polar surface area (TPSA) is 92.0 Å². The molecule has 0 bridgehead atoms. The van der Waals surface area contributed by atoms with E-state index in [1.807, 2.05) is 0 Å². The number of rotatable bonds is 7. The molecule has 0 aliphatic heterocycles. The van der Waals surface area contributed by atoms with E-state index in [4.69, 9.17) is 14.7 Å². The van der Waals surface area contributed by atoms with Crippen molar-refractivity contribution in [2.24, 2.45) is 4.99 Å². The third-order valence-corrected chi connectivity index (χ3v) is 1.94. The summed E-state index contributed by atoms with van der Waals surface area (Å²) in [5.41, 5.74) is -0.267. The normalized spacial score (nSPS) is 11.6. The highest BCUT2D eigenvalue weighted by Crippen LogP contribution is 2.13. The van der Waals surface area contributed by atoms with Crippen molar-refractivity contribution in [3.05, 3.63) is 11.3 Å². The molecule has 0 atom stereocenters. The largest absolute Gasteiger partial charge is 0.466 e. The second-order valence-corrected chi connectivity index (χ2v) is 3.84. The van der Waals surface area contributed by atoms with Crippen molar-refractivity contribution < 1.29 is 19.1 Å². The highest BCUT2D eigenvalue weighted by Gasteiger charge is 2.19. The molecule has 110 valence electrons. The van der Waals surface area contributed by atoms with Crippen molar-refractivity contribution in [2.45, 2.75) is 20.3 Å². The number of hydrogen-bond acceptors (Lipinski definition) is 6. The Hall–Kier alpha value is -2.36. The molecule has 0 saturated heterocycles. The molecule has 0 radical (unpaired) electrons. The fraction of sp³-hybridized carbons (Fsp3) is 0.538. The zero-order valence-corrected chi connectivity index (χ0v) is 12.2. The minimum atomic E-state index is -0.801. The van der Waals surface area contributed by atoms with Gasteiger partial charge >= 0.3 is 11.9 Å². The summed E-state index contributed by atoms with van der Waals surface area (Å²) in [5, 5.41) is 9.05. The van der Waals surface area contributed by atoms with E-state index in [0.29, 0.717) is 0 Å². The first-order valence-corrected chi connectivity index (χ1v) is 6.12. The van der Waals surface area contributed by atoms with Gasteiger partial charge in [-0.25, -0.2) is 9.79 Å². The Morgan fingerprint density at radius 2 is 1.85 bits per heavy atom. The van der Waals surface area contributed by atoms with Crippen LogP contribution in [0.1, 0.15) is 20.3 Å². The monoisotopic (exact) mass is 281 g/mol. The van der Waals surface area contributed by atoms with Crippen LogP contribution in [-0.4, -0.2) is 50.5 Å². The number of nitrogens with zero attached hydrogens (tertiary/aromatic N) is 3. The SMILES string of the molecule is CCOC(=O)C/C(N=CN(C)C)=C(/C#N)C(=O)OCC. The number of nitriles is 1. The predicted octanol–water partition coefficient (Wildman–Crippen LogP) is 0.870. The van der Waals surface area contributed by atoms with Crippen LogP contribution in [0.5, 0.6) is 0 Å². The van der Waals surface area contributed by atoms with E-state index in [-0.39, 0.29) is 30.9 Å². The van der Waals surface area contributed by atoms with Gasteiger partial charge in [-0.15, -0.1) is 0 Å². The van der Waals surface area contributed by atoms with E-state index < -0.39 is 11.9 Å². The number of aliphatic imine (C=N–C) groups is 1.